The Morgan fingerprint density at radius 3 is 2.13 bits per heavy atom. The average molecular weight is 213 g/mol. The van der Waals surface area contributed by atoms with Gasteiger partial charge in [0.1, 0.15) is 0 Å². The topological polar surface area (TPSA) is 32.3 Å². The summed E-state index contributed by atoms with van der Waals surface area (Å²) in [6, 6.07) is 0.881. The monoisotopic (exact) mass is 213 g/mol. The third-order valence-corrected chi connectivity index (χ3v) is 3.75. The Bertz CT molecular complexity index is 177. The van der Waals surface area contributed by atoms with E-state index in [0.29, 0.717) is 11.5 Å². The number of hydrogen-bond donors (Lipinski definition) is 2. The van der Waals surface area contributed by atoms with Crippen LogP contribution in [0.25, 0.3) is 0 Å². The van der Waals surface area contributed by atoms with Crippen molar-refractivity contribution < 1.29 is 5.11 Å². The maximum absolute atomic E-state index is 8.98. The SMILES string of the molecule is CC(CO)NC1CCC(C(C)(C)C)CC1. The van der Waals surface area contributed by atoms with Crippen LogP contribution in [-0.4, -0.2) is 23.8 Å². The smallest absolute Gasteiger partial charge is 0.0582 e. The van der Waals surface area contributed by atoms with Gasteiger partial charge < -0.3 is 10.4 Å². The highest BCUT2D eigenvalue weighted by Crippen LogP contribution is 2.37. The Kier molecular flexibility index (Phi) is 4.60. The quantitative estimate of drug-likeness (QED) is 0.755. The first kappa shape index (κ1) is 13.0. The molecule has 0 amide bonds. The predicted octanol–water partition coefficient (Wildman–Crippen LogP) is 2.56. The Balaban J connectivity index is 2.30. The van der Waals surface area contributed by atoms with Crippen LogP contribution in [0.15, 0.2) is 0 Å². The molecule has 1 rings (SSSR count). The van der Waals surface area contributed by atoms with Gasteiger partial charge in [0, 0.05) is 12.1 Å². The van der Waals surface area contributed by atoms with E-state index in [2.05, 4.69) is 33.0 Å². The lowest BCUT2D eigenvalue weighted by atomic mass is 9.71. The molecule has 0 heterocycles. The summed E-state index contributed by atoms with van der Waals surface area (Å²) < 4.78 is 0. The van der Waals surface area contributed by atoms with Crippen LogP contribution in [0.3, 0.4) is 0 Å². The highest BCUT2D eigenvalue weighted by Gasteiger charge is 2.29. The molecule has 0 bridgehead atoms. The van der Waals surface area contributed by atoms with E-state index in [9.17, 15) is 0 Å². The number of aliphatic hydroxyl groups excluding tert-OH is 1. The van der Waals surface area contributed by atoms with E-state index < -0.39 is 0 Å². The number of aliphatic hydroxyl groups is 1. The van der Waals surface area contributed by atoms with Gasteiger partial charge in [-0.2, -0.15) is 0 Å². The molecular formula is C13H27NO. The average Bonchev–Trinajstić information content (AvgIpc) is 2.17. The van der Waals surface area contributed by atoms with Crippen LogP contribution in [0.2, 0.25) is 0 Å². The molecule has 1 fully saturated rings. The fourth-order valence-electron chi connectivity index (χ4n) is 2.58. The van der Waals surface area contributed by atoms with E-state index in [1.807, 2.05) is 0 Å². The number of nitrogens with one attached hydrogen (secondary N) is 1. The summed E-state index contributed by atoms with van der Waals surface area (Å²) in [6.45, 7) is 9.35. The van der Waals surface area contributed by atoms with Gasteiger partial charge in [-0.3, -0.25) is 0 Å². The maximum Gasteiger partial charge on any atom is 0.0582 e. The Morgan fingerprint density at radius 2 is 1.73 bits per heavy atom. The normalized spacial score (nSPS) is 30.2. The van der Waals surface area contributed by atoms with Crippen molar-refractivity contribution in [3.63, 3.8) is 0 Å². The van der Waals surface area contributed by atoms with Crippen molar-refractivity contribution in [1.29, 1.82) is 0 Å². The van der Waals surface area contributed by atoms with Crippen LogP contribution >= 0.6 is 0 Å². The van der Waals surface area contributed by atoms with Gasteiger partial charge in [-0.25, -0.2) is 0 Å². The first-order valence-electron chi connectivity index (χ1n) is 6.30. The molecule has 0 aromatic heterocycles. The molecule has 2 N–H and O–H groups in total. The molecule has 0 saturated heterocycles. The molecule has 1 aliphatic carbocycles. The highest BCUT2D eigenvalue weighted by molar-refractivity contribution is 4.84. The van der Waals surface area contributed by atoms with Gasteiger partial charge in [0.15, 0.2) is 0 Å². The number of rotatable bonds is 3. The molecule has 0 aromatic carbocycles. The van der Waals surface area contributed by atoms with Crippen molar-refractivity contribution in [3.05, 3.63) is 0 Å². The fourth-order valence-corrected chi connectivity index (χ4v) is 2.58. The summed E-state index contributed by atoms with van der Waals surface area (Å²) in [4.78, 5) is 0. The van der Waals surface area contributed by atoms with Crippen molar-refractivity contribution in [2.24, 2.45) is 11.3 Å². The summed E-state index contributed by atoms with van der Waals surface area (Å²) >= 11 is 0. The second-order valence-corrected chi connectivity index (χ2v) is 6.16. The van der Waals surface area contributed by atoms with E-state index >= 15 is 0 Å². The van der Waals surface area contributed by atoms with Crippen molar-refractivity contribution in [2.45, 2.75) is 65.5 Å². The standard InChI is InChI=1S/C13H27NO/c1-10(9-15)14-12-7-5-11(6-8-12)13(2,3)4/h10-12,14-15H,5-9H2,1-4H3. The molecule has 0 aromatic rings. The Morgan fingerprint density at radius 1 is 1.20 bits per heavy atom. The molecule has 0 aliphatic heterocycles. The highest BCUT2D eigenvalue weighted by atomic mass is 16.3. The van der Waals surface area contributed by atoms with Crippen molar-refractivity contribution in [1.82, 2.24) is 5.32 Å². The minimum absolute atomic E-state index is 0.249. The first-order valence-corrected chi connectivity index (χ1v) is 6.30. The molecule has 90 valence electrons. The zero-order chi connectivity index (χ0) is 11.5. The maximum atomic E-state index is 8.98. The van der Waals surface area contributed by atoms with Crippen LogP contribution in [-0.2, 0) is 0 Å². The third kappa shape index (κ3) is 4.12. The second kappa shape index (κ2) is 5.31. The number of hydrogen-bond acceptors (Lipinski definition) is 2. The van der Waals surface area contributed by atoms with Crippen LogP contribution < -0.4 is 5.32 Å². The van der Waals surface area contributed by atoms with Gasteiger partial charge in [-0.1, -0.05) is 20.8 Å². The lowest BCUT2D eigenvalue weighted by Gasteiger charge is -2.37. The van der Waals surface area contributed by atoms with Gasteiger partial charge in [0.05, 0.1) is 6.61 Å². The first-order chi connectivity index (χ1) is 6.93. The van der Waals surface area contributed by atoms with Crippen molar-refractivity contribution in [3.8, 4) is 0 Å². The molecular weight excluding hydrogens is 186 g/mol. The van der Waals surface area contributed by atoms with Crippen LogP contribution in [0, 0.1) is 11.3 Å². The molecule has 2 nitrogen and oxygen atoms in total. The van der Waals surface area contributed by atoms with E-state index in [4.69, 9.17) is 5.11 Å². The molecule has 1 saturated carbocycles. The van der Waals surface area contributed by atoms with E-state index in [1.54, 1.807) is 0 Å². The van der Waals surface area contributed by atoms with E-state index in [-0.39, 0.29) is 12.6 Å². The zero-order valence-corrected chi connectivity index (χ0v) is 10.7. The van der Waals surface area contributed by atoms with Gasteiger partial charge in [-0.05, 0) is 43.9 Å². The molecule has 1 unspecified atom stereocenters. The lowest BCUT2D eigenvalue weighted by molar-refractivity contribution is 0.149. The molecule has 15 heavy (non-hydrogen) atoms. The van der Waals surface area contributed by atoms with Gasteiger partial charge in [0.25, 0.3) is 0 Å². The predicted molar refractivity (Wildman–Crippen MR) is 64.9 cm³/mol. The van der Waals surface area contributed by atoms with Crippen LogP contribution in [0.5, 0.6) is 0 Å². The summed E-state index contributed by atoms with van der Waals surface area (Å²) in [5.74, 6) is 0.875. The minimum atomic E-state index is 0.249. The third-order valence-electron chi connectivity index (χ3n) is 3.75. The Hall–Kier alpha value is -0.0800. The summed E-state index contributed by atoms with van der Waals surface area (Å²) in [5, 5.41) is 12.5. The summed E-state index contributed by atoms with van der Waals surface area (Å²) in [6.07, 6.45) is 5.21. The van der Waals surface area contributed by atoms with Gasteiger partial charge in [-0.15, -0.1) is 0 Å². The molecule has 1 atom stereocenters. The van der Waals surface area contributed by atoms with Gasteiger partial charge in [0.2, 0.25) is 0 Å². The Labute approximate surface area is 94.5 Å². The second-order valence-electron chi connectivity index (χ2n) is 6.16. The molecule has 0 radical (unpaired) electrons. The van der Waals surface area contributed by atoms with Crippen LogP contribution in [0.4, 0.5) is 0 Å². The van der Waals surface area contributed by atoms with E-state index in [0.717, 1.165) is 5.92 Å². The molecule has 0 spiro atoms. The van der Waals surface area contributed by atoms with Crippen LogP contribution in [0.1, 0.15) is 53.4 Å². The minimum Gasteiger partial charge on any atom is -0.395 e. The summed E-state index contributed by atoms with van der Waals surface area (Å²) in [7, 11) is 0. The van der Waals surface area contributed by atoms with Gasteiger partial charge >= 0.3 is 0 Å². The molecule has 1 aliphatic rings. The van der Waals surface area contributed by atoms with E-state index in [1.165, 1.54) is 25.7 Å². The lowest BCUT2D eigenvalue weighted by Crippen LogP contribution is -2.42. The summed E-state index contributed by atoms with van der Waals surface area (Å²) in [5.41, 5.74) is 0.466. The molecule has 2 heteroatoms. The zero-order valence-electron chi connectivity index (χ0n) is 10.7. The largest absolute Gasteiger partial charge is 0.395 e. The van der Waals surface area contributed by atoms with Crippen molar-refractivity contribution >= 4 is 0 Å². The van der Waals surface area contributed by atoms with Crippen molar-refractivity contribution in [2.75, 3.05) is 6.61 Å². The fraction of sp³-hybridized carbons (Fsp3) is 1.00.